The normalized spacial score (nSPS) is 15.4. The van der Waals surface area contributed by atoms with Gasteiger partial charge in [0.25, 0.3) is 5.91 Å². The molecule has 0 saturated carbocycles. The number of nitrogens with one attached hydrogen (secondary N) is 3. The molecule has 0 spiro atoms. The SMILES string of the molecule is CCOc1ccccc1N1CC[NH+]([C@H](C)C(=O)Nc2ccc(NC(C)=O)cc2)CC1. The Morgan fingerprint density at radius 2 is 1.63 bits per heavy atom. The molecule has 1 heterocycles. The molecule has 2 aromatic rings. The first-order valence-corrected chi connectivity index (χ1v) is 10.5. The van der Waals surface area contributed by atoms with Crippen LogP contribution in [0.3, 0.4) is 0 Å². The molecule has 1 aliphatic rings. The predicted molar refractivity (Wildman–Crippen MR) is 119 cm³/mol. The maximum absolute atomic E-state index is 12.7. The highest BCUT2D eigenvalue weighted by Gasteiger charge is 2.30. The van der Waals surface area contributed by atoms with Crippen LogP contribution in [-0.4, -0.2) is 50.6 Å². The van der Waals surface area contributed by atoms with E-state index in [1.165, 1.54) is 11.8 Å². The van der Waals surface area contributed by atoms with Gasteiger partial charge < -0.3 is 25.2 Å². The molecule has 1 atom stereocenters. The number of hydrogen-bond donors (Lipinski definition) is 3. The number of piperazine rings is 1. The monoisotopic (exact) mass is 411 g/mol. The fourth-order valence-electron chi connectivity index (χ4n) is 3.74. The minimum absolute atomic E-state index is 0.000411. The molecule has 160 valence electrons. The van der Waals surface area contributed by atoms with Gasteiger partial charge in [0.05, 0.1) is 38.5 Å². The lowest BCUT2D eigenvalue weighted by atomic mass is 10.2. The Labute approximate surface area is 178 Å². The maximum atomic E-state index is 12.7. The summed E-state index contributed by atoms with van der Waals surface area (Å²) in [4.78, 5) is 27.4. The molecule has 1 aliphatic heterocycles. The number of ether oxygens (including phenoxy) is 1. The van der Waals surface area contributed by atoms with Gasteiger partial charge in [0.15, 0.2) is 6.04 Å². The van der Waals surface area contributed by atoms with Crippen LogP contribution in [-0.2, 0) is 9.59 Å². The van der Waals surface area contributed by atoms with Crippen LogP contribution in [0, 0.1) is 0 Å². The lowest BCUT2D eigenvalue weighted by Gasteiger charge is -2.36. The van der Waals surface area contributed by atoms with Crippen LogP contribution in [0.15, 0.2) is 48.5 Å². The first kappa shape index (κ1) is 21.6. The van der Waals surface area contributed by atoms with Gasteiger partial charge in [-0.25, -0.2) is 0 Å². The average Bonchev–Trinajstić information content (AvgIpc) is 2.75. The van der Waals surface area contributed by atoms with Gasteiger partial charge in [-0.2, -0.15) is 0 Å². The Balaban J connectivity index is 1.54. The van der Waals surface area contributed by atoms with Gasteiger partial charge in [0.2, 0.25) is 5.91 Å². The van der Waals surface area contributed by atoms with Crippen molar-refractivity contribution < 1.29 is 19.2 Å². The molecule has 2 aromatic carbocycles. The van der Waals surface area contributed by atoms with Gasteiger partial charge in [-0.15, -0.1) is 0 Å². The second kappa shape index (κ2) is 10.1. The summed E-state index contributed by atoms with van der Waals surface area (Å²) in [7, 11) is 0. The molecule has 0 aliphatic carbocycles. The second-order valence-corrected chi connectivity index (χ2v) is 7.52. The van der Waals surface area contributed by atoms with Crippen LogP contribution in [0.2, 0.25) is 0 Å². The van der Waals surface area contributed by atoms with Crippen LogP contribution in [0.4, 0.5) is 17.1 Å². The molecule has 1 saturated heterocycles. The van der Waals surface area contributed by atoms with Crippen molar-refractivity contribution in [2.24, 2.45) is 0 Å². The largest absolute Gasteiger partial charge is 0.492 e. The lowest BCUT2D eigenvalue weighted by Crippen LogP contribution is -3.19. The van der Waals surface area contributed by atoms with Crippen LogP contribution < -0.4 is 25.2 Å². The number of benzene rings is 2. The maximum Gasteiger partial charge on any atom is 0.282 e. The Hall–Kier alpha value is -3.06. The van der Waals surface area contributed by atoms with E-state index in [0.717, 1.165) is 43.3 Å². The summed E-state index contributed by atoms with van der Waals surface area (Å²) >= 11 is 0. The van der Waals surface area contributed by atoms with E-state index >= 15 is 0 Å². The summed E-state index contributed by atoms with van der Waals surface area (Å²) in [5.41, 5.74) is 2.56. The number of anilines is 3. The average molecular weight is 412 g/mol. The molecule has 7 heteroatoms. The summed E-state index contributed by atoms with van der Waals surface area (Å²) < 4.78 is 5.76. The zero-order valence-electron chi connectivity index (χ0n) is 17.9. The first-order chi connectivity index (χ1) is 14.5. The van der Waals surface area contributed by atoms with Crippen LogP contribution in [0.25, 0.3) is 0 Å². The van der Waals surface area contributed by atoms with E-state index in [1.54, 1.807) is 24.3 Å². The molecular formula is C23H31N4O3+. The molecular weight excluding hydrogens is 380 g/mol. The number of carbonyl (C=O) groups is 2. The van der Waals surface area contributed by atoms with Crippen molar-refractivity contribution in [1.82, 2.24) is 0 Å². The van der Waals surface area contributed by atoms with Crippen molar-refractivity contribution in [1.29, 1.82) is 0 Å². The fraction of sp³-hybridized carbons (Fsp3) is 0.391. The zero-order chi connectivity index (χ0) is 21.5. The Morgan fingerprint density at radius 1 is 1.03 bits per heavy atom. The highest BCUT2D eigenvalue weighted by molar-refractivity contribution is 5.94. The van der Waals surface area contributed by atoms with Crippen molar-refractivity contribution in [3.63, 3.8) is 0 Å². The molecule has 3 rings (SSSR count). The third-order valence-corrected chi connectivity index (χ3v) is 5.39. The van der Waals surface area contributed by atoms with E-state index < -0.39 is 0 Å². The number of carbonyl (C=O) groups excluding carboxylic acids is 2. The van der Waals surface area contributed by atoms with Crippen LogP contribution in [0.1, 0.15) is 20.8 Å². The number of hydrogen-bond acceptors (Lipinski definition) is 4. The smallest absolute Gasteiger partial charge is 0.282 e. The van der Waals surface area contributed by atoms with Crippen molar-refractivity contribution in [2.75, 3.05) is 48.3 Å². The van der Waals surface area contributed by atoms with E-state index in [-0.39, 0.29) is 17.9 Å². The van der Waals surface area contributed by atoms with Crippen LogP contribution in [0.5, 0.6) is 5.75 Å². The quantitative estimate of drug-likeness (QED) is 0.649. The number of quaternary nitrogens is 1. The van der Waals surface area contributed by atoms with Gasteiger partial charge in [-0.1, -0.05) is 12.1 Å². The molecule has 1 fully saturated rings. The third-order valence-electron chi connectivity index (χ3n) is 5.39. The van der Waals surface area contributed by atoms with E-state index in [9.17, 15) is 9.59 Å². The van der Waals surface area contributed by atoms with Crippen molar-refractivity contribution in [2.45, 2.75) is 26.8 Å². The Morgan fingerprint density at radius 3 is 2.23 bits per heavy atom. The van der Waals surface area contributed by atoms with E-state index in [0.29, 0.717) is 12.3 Å². The highest BCUT2D eigenvalue weighted by Crippen LogP contribution is 2.27. The van der Waals surface area contributed by atoms with E-state index in [4.69, 9.17) is 4.74 Å². The standard InChI is InChI=1S/C23H30N4O3/c1-4-30-22-8-6-5-7-21(22)27-15-13-26(14-16-27)17(2)23(29)25-20-11-9-19(10-12-20)24-18(3)28/h5-12,17H,4,13-16H2,1-3H3,(H,24,28)(H,25,29)/p+1/t17-/m1/s1. The zero-order valence-corrected chi connectivity index (χ0v) is 17.9. The fourth-order valence-corrected chi connectivity index (χ4v) is 3.74. The summed E-state index contributed by atoms with van der Waals surface area (Å²) in [6.45, 7) is 9.60. The highest BCUT2D eigenvalue weighted by atomic mass is 16.5. The third kappa shape index (κ3) is 5.51. The molecule has 30 heavy (non-hydrogen) atoms. The molecule has 0 aromatic heterocycles. The number of nitrogens with zero attached hydrogens (tertiary/aromatic N) is 1. The van der Waals surface area contributed by atoms with Gasteiger partial charge in [0.1, 0.15) is 5.75 Å². The Kier molecular flexibility index (Phi) is 7.30. The summed E-state index contributed by atoms with van der Waals surface area (Å²) in [5, 5.41) is 5.70. The summed E-state index contributed by atoms with van der Waals surface area (Å²) in [6, 6.07) is 15.1. The Bertz CT molecular complexity index is 861. The molecule has 7 nitrogen and oxygen atoms in total. The van der Waals surface area contributed by atoms with Crippen molar-refractivity contribution in [3.05, 3.63) is 48.5 Å². The lowest BCUT2D eigenvalue weighted by molar-refractivity contribution is -0.914. The molecule has 0 unspecified atom stereocenters. The van der Waals surface area contributed by atoms with Crippen molar-refractivity contribution >= 4 is 28.9 Å². The van der Waals surface area contributed by atoms with E-state index in [2.05, 4.69) is 21.6 Å². The minimum Gasteiger partial charge on any atom is -0.492 e. The molecule has 0 bridgehead atoms. The number of para-hydroxylation sites is 2. The summed E-state index contributed by atoms with van der Waals surface area (Å²) in [6.07, 6.45) is 0. The molecule has 3 N–H and O–H groups in total. The minimum atomic E-state index is -0.149. The number of amides is 2. The van der Waals surface area contributed by atoms with E-state index in [1.807, 2.05) is 32.0 Å². The van der Waals surface area contributed by atoms with Gasteiger partial charge in [-0.3, -0.25) is 9.59 Å². The second-order valence-electron chi connectivity index (χ2n) is 7.52. The van der Waals surface area contributed by atoms with Gasteiger partial charge >= 0.3 is 0 Å². The number of rotatable bonds is 7. The van der Waals surface area contributed by atoms with Crippen LogP contribution >= 0.6 is 0 Å². The molecule has 0 radical (unpaired) electrons. The van der Waals surface area contributed by atoms with Gasteiger partial charge in [0, 0.05) is 18.3 Å². The predicted octanol–water partition coefficient (Wildman–Crippen LogP) is 1.78. The first-order valence-electron chi connectivity index (χ1n) is 10.5. The van der Waals surface area contributed by atoms with Crippen molar-refractivity contribution in [3.8, 4) is 5.75 Å². The topological polar surface area (TPSA) is 75.1 Å². The van der Waals surface area contributed by atoms with Gasteiger partial charge in [-0.05, 0) is 50.2 Å². The molecule has 2 amide bonds. The summed E-state index contributed by atoms with van der Waals surface area (Å²) in [5.74, 6) is 0.796.